The number of rotatable bonds is 6. The molecule has 33 heavy (non-hydrogen) atoms. The minimum Gasteiger partial charge on any atom is -0.471 e. The lowest BCUT2D eigenvalue weighted by Gasteiger charge is -2.12. The second-order valence-corrected chi connectivity index (χ2v) is 9.14. The third-order valence-electron chi connectivity index (χ3n) is 5.16. The molecule has 0 spiro atoms. The standard InChI is InChI=1S/C23H20F3N3O3S/c1-15-22(28-33(30,31)21-11-10-17-6-3-4-7-18(17)12-21)16(2)29(27-15)14-32-20-9-5-8-19(13-20)23(24,25)26/h3-13,28H,14H2,1-2H3. The number of ether oxygens (including phenoxy) is 1. The Labute approximate surface area is 188 Å². The maximum absolute atomic E-state index is 13.0. The second-order valence-electron chi connectivity index (χ2n) is 7.46. The van der Waals surface area contributed by atoms with E-state index in [1.54, 1.807) is 26.0 Å². The van der Waals surface area contributed by atoms with Crippen molar-refractivity contribution in [3.63, 3.8) is 0 Å². The molecule has 1 N–H and O–H groups in total. The van der Waals surface area contributed by atoms with Crippen LogP contribution in [0.3, 0.4) is 0 Å². The van der Waals surface area contributed by atoms with Crippen LogP contribution < -0.4 is 9.46 Å². The van der Waals surface area contributed by atoms with E-state index in [4.69, 9.17) is 4.74 Å². The maximum atomic E-state index is 13.0. The zero-order valence-corrected chi connectivity index (χ0v) is 18.5. The summed E-state index contributed by atoms with van der Waals surface area (Å²) in [5, 5.41) is 5.98. The largest absolute Gasteiger partial charge is 0.471 e. The third-order valence-corrected chi connectivity index (χ3v) is 6.51. The van der Waals surface area contributed by atoms with E-state index < -0.39 is 21.8 Å². The SMILES string of the molecule is Cc1nn(COc2cccc(C(F)(F)F)c2)c(C)c1NS(=O)(=O)c1ccc2ccccc2c1. The number of hydrogen-bond donors (Lipinski definition) is 1. The smallest absolute Gasteiger partial charge is 0.416 e. The van der Waals surface area contributed by atoms with Crippen molar-refractivity contribution in [1.82, 2.24) is 9.78 Å². The number of anilines is 1. The molecule has 0 saturated carbocycles. The van der Waals surface area contributed by atoms with Gasteiger partial charge in [-0.1, -0.05) is 36.4 Å². The number of sulfonamides is 1. The average Bonchev–Trinajstić information content (AvgIpc) is 3.04. The molecule has 0 amide bonds. The van der Waals surface area contributed by atoms with E-state index >= 15 is 0 Å². The van der Waals surface area contributed by atoms with E-state index in [0.717, 1.165) is 22.9 Å². The van der Waals surface area contributed by atoms with Gasteiger partial charge >= 0.3 is 6.18 Å². The molecule has 3 aromatic carbocycles. The maximum Gasteiger partial charge on any atom is 0.416 e. The molecule has 10 heteroatoms. The van der Waals surface area contributed by atoms with Crippen LogP contribution in [-0.4, -0.2) is 18.2 Å². The first-order chi connectivity index (χ1) is 15.5. The lowest BCUT2D eigenvalue weighted by molar-refractivity contribution is -0.137. The summed E-state index contributed by atoms with van der Waals surface area (Å²) in [6.07, 6.45) is -4.48. The number of benzene rings is 3. The number of halogens is 3. The van der Waals surface area contributed by atoms with Crippen LogP contribution in [0.1, 0.15) is 17.0 Å². The summed E-state index contributed by atoms with van der Waals surface area (Å²) in [5.41, 5.74) is 0.335. The second kappa shape index (κ2) is 8.43. The Kier molecular flexibility index (Phi) is 5.79. The van der Waals surface area contributed by atoms with Gasteiger partial charge in [0.1, 0.15) is 5.75 Å². The van der Waals surface area contributed by atoms with Gasteiger partial charge < -0.3 is 4.74 Å². The van der Waals surface area contributed by atoms with Crippen LogP contribution >= 0.6 is 0 Å². The monoisotopic (exact) mass is 475 g/mol. The van der Waals surface area contributed by atoms with Crippen LogP contribution in [-0.2, 0) is 22.9 Å². The van der Waals surface area contributed by atoms with Gasteiger partial charge in [-0.15, -0.1) is 0 Å². The van der Waals surface area contributed by atoms with Crippen molar-refractivity contribution in [3.8, 4) is 5.75 Å². The Bertz CT molecular complexity index is 1430. The van der Waals surface area contributed by atoms with Crippen molar-refractivity contribution < 1.29 is 26.3 Å². The average molecular weight is 475 g/mol. The van der Waals surface area contributed by atoms with Crippen molar-refractivity contribution in [3.05, 3.63) is 83.7 Å². The van der Waals surface area contributed by atoms with E-state index in [2.05, 4.69) is 9.82 Å². The number of aryl methyl sites for hydroxylation is 1. The summed E-state index contributed by atoms with van der Waals surface area (Å²) in [6, 6.07) is 16.8. The minimum atomic E-state index is -4.48. The molecular weight excluding hydrogens is 455 g/mol. The van der Waals surface area contributed by atoms with Crippen molar-refractivity contribution >= 4 is 26.5 Å². The van der Waals surface area contributed by atoms with Gasteiger partial charge in [-0.05, 0) is 55.0 Å². The molecule has 1 heterocycles. The van der Waals surface area contributed by atoms with E-state index in [9.17, 15) is 21.6 Å². The van der Waals surface area contributed by atoms with Crippen LogP contribution in [0.25, 0.3) is 10.8 Å². The lowest BCUT2D eigenvalue weighted by Crippen LogP contribution is -2.14. The highest BCUT2D eigenvalue weighted by Gasteiger charge is 2.30. The number of aromatic nitrogens is 2. The topological polar surface area (TPSA) is 73.2 Å². The number of nitrogens with zero attached hydrogens (tertiary/aromatic N) is 2. The normalized spacial score (nSPS) is 12.2. The minimum absolute atomic E-state index is 0.0238. The quantitative estimate of drug-likeness (QED) is 0.399. The zero-order valence-electron chi connectivity index (χ0n) is 17.7. The zero-order chi connectivity index (χ0) is 23.8. The summed E-state index contributed by atoms with van der Waals surface area (Å²) >= 11 is 0. The van der Waals surface area contributed by atoms with Crippen molar-refractivity contribution in [1.29, 1.82) is 0 Å². The Morgan fingerprint density at radius 3 is 2.42 bits per heavy atom. The fourth-order valence-corrected chi connectivity index (χ4v) is 4.61. The predicted octanol–water partition coefficient (Wildman–Crippen LogP) is 5.51. The van der Waals surface area contributed by atoms with Crippen LogP contribution in [0.15, 0.2) is 71.6 Å². The van der Waals surface area contributed by atoms with Crippen LogP contribution in [0.4, 0.5) is 18.9 Å². The summed E-state index contributed by atoms with van der Waals surface area (Å²) in [6.45, 7) is 3.09. The van der Waals surface area contributed by atoms with Gasteiger partial charge in [0.15, 0.2) is 6.73 Å². The van der Waals surface area contributed by atoms with Gasteiger partial charge in [0.05, 0.1) is 27.5 Å². The molecule has 4 rings (SSSR count). The number of nitrogens with one attached hydrogen (secondary N) is 1. The molecule has 1 aromatic heterocycles. The lowest BCUT2D eigenvalue weighted by atomic mass is 10.1. The third kappa shape index (κ3) is 4.80. The molecule has 0 radical (unpaired) electrons. The summed E-state index contributed by atoms with van der Waals surface area (Å²) in [7, 11) is -3.89. The Morgan fingerprint density at radius 1 is 0.970 bits per heavy atom. The highest BCUT2D eigenvalue weighted by atomic mass is 32.2. The van der Waals surface area contributed by atoms with Crippen LogP contribution in [0, 0.1) is 13.8 Å². The number of alkyl halides is 3. The summed E-state index contributed by atoms with van der Waals surface area (Å²) in [5.74, 6) is 0.0238. The Balaban J connectivity index is 1.55. The Hall–Kier alpha value is -3.53. The van der Waals surface area contributed by atoms with E-state index in [1.807, 2.05) is 24.3 Å². The van der Waals surface area contributed by atoms with Gasteiger partial charge in [0.25, 0.3) is 10.0 Å². The van der Waals surface area contributed by atoms with E-state index in [-0.39, 0.29) is 23.1 Å². The van der Waals surface area contributed by atoms with Gasteiger partial charge in [-0.2, -0.15) is 18.3 Å². The molecule has 0 aliphatic heterocycles. The Morgan fingerprint density at radius 2 is 1.70 bits per heavy atom. The van der Waals surface area contributed by atoms with Crippen molar-refractivity contribution in [2.75, 3.05) is 4.72 Å². The summed E-state index contributed by atoms with van der Waals surface area (Å²) in [4.78, 5) is 0.105. The molecule has 0 aliphatic rings. The summed E-state index contributed by atoms with van der Waals surface area (Å²) < 4.78 is 74.1. The highest BCUT2D eigenvalue weighted by molar-refractivity contribution is 7.92. The molecule has 0 atom stereocenters. The number of hydrogen-bond acceptors (Lipinski definition) is 4. The van der Waals surface area contributed by atoms with Crippen molar-refractivity contribution in [2.45, 2.75) is 31.7 Å². The first kappa shape index (κ1) is 22.7. The fourth-order valence-electron chi connectivity index (χ4n) is 3.40. The molecule has 4 aromatic rings. The molecule has 172 valence electrons. The predicted molar refractivity (Wildman–Crippen MR) is 119 cm³/mol. The molecule has 0 unspecified atom stereocenters. The highest BCUT2D eigenvalue weighted by Crippen LogP contribution is 2.31. The molecule has 0 fully saturated rings. The number of fused-ring (bicyclic) bond motifs is 1. The first-order valence-electron chi connectivity index (χ1n) is 9.90. The molecule has 0 bridgehead atoms. The molecule has 0 aliphatic carbocycles. The first-order valence-corrected chi connectivity index (χ1v) is 11.4. The molecule has 6 nitrogen and oxygen atoms in total. The van der Waals surface area contributed by atoms with E-state index in [1.165, 1.54) is 22.9 Å². The van der Waals surface area contributed by atoms with Crippen LogP contribution in [0.5, 0.6) is 5.75 Å². The van der Waals surface area contributed by atoms with Gasteiger partial charge in [-0.3, -0.25) is 4.72 Å². The molecule has 0 saturated heterocycles. The van der Waals surface area contributed by atoms with Gasteiger partial charge in [0.2, 0.25) is 0 Å². The van der Waals surface area contributed by atoms with Gasteiger partial charge in [-0.25, -0.2) is 13.1 Å². The van der Waals surface area contributed by atoms with Crippen molar-refractivity contribution in [2.24, 2.45) is 0 Å². The fraction of sp³-hybridized carbons (Fsp3) is 0.174. The molecular formula is C23H20F3N3O3S. The van der Waals surface area contributed by atoms with Crippen LogP contribution in [0.2, 0.25) is 0 Å². The van der Waals surface area contributed by atoms with Gasteiger partial charge in [0, 0.05) is 0 Å². The van der Waals surface area contributed by atoms with E-state index in [0.29, 0.717) is 11.4 Å².